The van der Waals surface area contributed by atoms with Gasteiger partial charge in [-0.25, -0.2) is 8.42 Å². The van der Waals surface area contributed by atoms with Crippen LogP contribution < -0.4 is 4.90 Å². The number of hydrogen-bond acceptors (Lipinski definition) is 4. The van der Waals surface area contributed by atoms with E-state index in [0.29, 0.717) is 31.1 Å². The van der Waals surface area contributed by atoms with Crippen molar-refractivity contribution in [3.8, 4) is 11.1 Å². The average molecular weight is 506 g/mol. The van der Waals surface area contributed by atoms with Crippen molar-refractivity contribution in [2.45, 2.75) is 18.0 Å². The highest BCUT2D eigenvalue weighted by atomic mass is 32.2. The molecule has 37 heavy (non-hydrogen) atoms. The van der Waals surface area contributed by atoms with Gasteiger partial charge in [-0.3, -0.25) is 4.98 Å². The second kappa shape index (κ2) is 9.81. The molecule has 0 unspecified atom stereocenters. The fourth-order valence-electron chi connectivity index (χ4n) is 5.09. The molecule has 0 atom stereocenters. The summed E-state index contributed by atoms with van der Waals surface area (Å²) in [4.78, 5) is 6.89. The van der Waals surface area contributed by atoms with Gasteiger partial charge in [0.1, 0.15) is 0 Å². The van der Waals surface area contributed by atoms with Gasteiger partial charge in [0.25, 0.3) is 0 Å². The van der Waals surface area contributed by atoms with Gasteiger partial charge in [0, 0.05) is 49.6 Å². The van der Waals surface area contributed by atoms with E-state index >= 15 is 0 Å². The first-order valence-corrected chi connectivity index (χ1v) is 13.8. The maximum Gasteiger partial charge on any atom is 0.244 e. The van der Waals surface area contributed by atoms with E-state index in [9.17, 15) is 8.42 Å². The lowest BCUT2D eigenvalue weighted by Gasteiger charge is -2.25. The Hall–Kier alpha value is -4.00. The second-order valence-electron chi connectivity index (χ2n) is 9.31. The first kappa shape index (κ1) is 23.4. The van der Waals surface area contributed by atoms with Gasteiger partial charge in [0.2, 0.25) is 10.0 Å². The fourth-order valence-corrected chi connectivity index (χ4v) is 6.72. The van der Waals surface area contributed by atoms with Gasteiger partial charge < -0.3 is 4.90 Å². The molecule has 0 amide bonds. The van der Waals surface area contributed by atoms with E-state index in [1.54, 1.807) is 16.6 Å². The third kappa shape index (κ3) is 4.61. The molecule has 1 aromatic heterocycles. The van der Waals surface area contributed by atoms with Crippen LogP contribution in [0.4, 0.5) is 5.69 Å². The summed E-state index contributed by atoms with van der Waals surface area (Å²) in [7, 11) is -3.73. The number of anilines is 1. The molecule has 0 aliphatic carbocycles. The summed E-state index contributed by atoms with van der Waals surface area (Å²) in [6, 6.07) is 33.7. The minimum Gasteiger partial charge on any atom is -0.366 e. The van der Waals surface area contributed by atoms with Crippen molar-refractivity contribution >= 4 is 26.5 Å². The van der Waals surface area contributed by atoms with E-state index in [1.807, 2.05) is 66.9 Å². The van der Waals surface area contributed by atoms with Gasteiger partial charge >= 0.3 is 0 Å². The molecule has 1 aliphatic rings. The van der Waals surface area contributed by atoms with Crippen molar-refractivity contribution < 1.29 is 8.42 Å². The summed E-state index contributed by atoms with van der Waals surface area (Å²) in [5.41, 5.74) is 5.32. The summed E-state index contributed by atoms with van der Waals surface area (Å²) in [5, 5.41) is 1.67. The molecule has 0 radical (unpaired) electrons. The molecule has 1 aliphatic heterocycles. The van der Waals surface area contributed by atoms with Crippen molar-refractivity contribution in [3.05, 3.63) is 127 Å². The number of nitrogens with zero attached hydrogens (tertiary/aromatic N) is 3. The molecule has 0 spiro atoms. The SMILES string of the molecule is O=S(=O)(c1cccc2ccccc12)N1CCN(Cc2cccnc2)c2ccc(-c3ccccc3)cc2C1. The largest absolute Gasteiger partial charge is 0.366 e. The molecule has 4 aromatic carbocycles. The Morgan fingerprint density at radius 1 is 0.757 bits per heavy atom. The van der Waals surface area contributed by atoms with E-state index in [0.717, 1.165) is 38.7 Å². The van der Waals surface area contributed by atoms with Crippen LogP contribution in [0.2, 0.25) is 0 Å². The van der Waals surface area contributed by atoms with Crippen LogP contribution in [0.1, 0.15) is 11.1 Å². The quantitative estimate of drug-likeness (QED) is 0.289. The Morgan fingerprint density at radius 2 is 1.57 bits per heavy atom. The van der Waals surface area contributed by atoms with E-state index in [-0.39, 0.29) is 0 Å². The normalized spacial score (nSPS) is 14.3. The molecular weight excluding hydrogens is 478 g/mol. The lowest BCUT2D eigenvalue weighted by Crippen LogP contribution is -2.35. The van der Waals surface area contributed by atoms with Crippen LogP contribution in [0.3, 0.4) is 0 Å². The first-order chi connectivity index (χ1) is 18.1. The lowest BCUT2D eigenvalue weighted by atomic mass is 10.0. The minimum atomic E-state index is -3.73. The number of pyridine rings is 1. The van der Waals surface area contributed by atoms with E-state index in [4.69, 9.17) is 0 Å². The highest BCUT2D eigenvalue weighted by molar-refractivity contribution is 7.89. The van der Waals surface area contributed by atoms with Crippen LogP contribution in [-0.2, 0) is 23.1 Å². The molecule has 5 nitrogen and oxygen atoms in total. The van der Waals surface area contributed by atoms with Gasteiger partial charge in [-0.1, -0.05) is 78.9 Å². The monoisotopic (exact) mass is 505 g/mol. The molecule has 184 valence electrons. The standard InChI is InChI=1S/C31H27N3O2S/c35-37(36,31-14-6-12-26-11-4-5-13-29(26)31)34-19-18-33(22-24-8-7-17-32-21-24)30-16-15-27(20-28(30)23-34)25-9-2-1-3-10-25/h1-17,20-21H,18-19,22-23H2. The van der Waals surface area contributed by atoms with Gasteiger partial charge in [0.15, 0.2) is 0 Å². The van der Waals surface area contributed by atoms with Crippen molar-refractivity contribution in [1.29, 1.82) is 0 Å². The molecule has 6 rings (SSSR count). The molecule has 6 heteroatoms. The zero-order valence-electron chi connectivity index (χ0n) is 20.4. The maximum absolute atomic E-state index is 14.1. The van der Waals surface area contributed by atoms with Crippen molar-refractivity contribution in [1.82, 2.24) is 9.29 Å². The molecular formula is C31H27N3O2S. The Kier molecular flexibility index (Phi) is 6.20. The second-order valence-corrected chi connectivity index (χ2v) is 11.2. The summed E-state index contributed by atoms with van der Waals surface area (Å²) < 4.78 is 29.8. The van der Waals surface area contributed by atoms with Crippen molar-refractivity contribution in [2.75, 3.05) is 18.0 Å². The minimum absolute atomic E-state index is 0.311. The molecule has 0 saturated heterocycles. The van der Waals surface area contributed by atoms with E-state index in [1.165, 1.54) is 0 Å². The van der Waals surface area contributed by atoms with Crippen molar-refractivity contribution in [2.24, 2.45) is 0 Å². The van der Waals surface area contributed by atoms with Crippen LogP contribution in [-0.4, -0.2) is 30.8 Å². The Bertz CT molecular complexity index is 1650. The number of aromatic nitrogens is 1. The predicted octanol–water partition coefficient (Wildman–Crippen LogP) is 6.11. The van der Waals surface area contributed by atoms with Crippen LogP contribution in [0.5, 0.6) is 0 Å². The number of benzene rings is 4. The summed E-state index contributed by atoms with van der Waals surface area (Å²) in [5.74, 6) is 0. The fraction of sp³-hybridized carbons (Fsp3) is 0.129. The van der Waals surface area contributed by atoms with E-state index in [2.05, 4.69) is 46.3 Å². The predicted molar refractivity (Wildman–Crippen MR) is 149 cm³/mol. The van der Waals surface area contributed by atoms with Crippen LogP contribution in [0.15, 0.2) is 120 Å². The number of rotatable bonds is 5. The zero-order valence-corrected chi connectivity index (χ0v) is 21.2. The maximum atomic E-state index is 14.1. The van der Waals surface area contributed by atoms with Crippen LogP contribution >= 0.6 is 0 Å². The Balaban J connectivity index is 1.43. The number of hydrogen-bond donors (Lipinski definition) is 0. The highest BCUT2D eigenvalue weighted by Gasteiger charge is 2.30. The Morgan fingerprint density at radius 3 is 2.41 bits per heavy atom. The summed E-state index contributed by atoms with van der Waals surface area (Å²) in [6.45, 7) is 1.94. The smallest absolute Gasteiger partial charge is 0.244 e. The molecule has 0 fully saturated rings. The summed E-state index contributed by atoms with van der Waals surface area (Å²) >= 11 is 0. The highest BCUT2D eigenvalue weighted by Crippen LogP contribution is 2.34. The lowest BCUT2D eigenvalue weighted by molar-refractivity contribution is 0.419. The molecule has 0 N–H and O–H groups in total. The number of sulfonamides is 1. The average Bonchev–Trinajstić information content (AvgIpc) is 3.13. The molecule has 0 bridgehead atoms. The van der Waals surface area contributed by atoms with Gasteiger partial charge in [0.05, 0.1) is 4.90 Å². The van der Waals surface area contributed by atoms with Gasteiger partial charge in [-0.2, -0.15) is 4.31 Å². The topological polar surface area (TPSA) is 53.5 Å². The molecule has 2 heterocycles. The molecule has 5 aromatic rings. The zero-order chi connectivity index (χ0) is 25.2. The van der Waals surface area contributed by atoms with Crippen LogP contribution in [0.25, 0.3) is 21.9 Å². The molecule has 0 saturated carbocycles. The van der Waals surface area contributed by atoms with Gasteiger partial charge in [-0.05, 0) is 51.9 Å². The third-order valence-corrected chi connectivity index (χ3v) is 8.86. The summed E-state index contributed by atoms with van der Waals surface area (Å²) in [6.07, 6.45) is 3.64. The van der Waals surface area contributed by atoms with Gasteiger partial charge in [-0.15, -0.1) is 0 Å². The Labute approximate surface area is 217 Å². The third-order valence-electron chi connectivity index (χ3n) is 6.96. The number of fused-ring (bicyclic) bond motifs is 2. The van der Waals surface area contributed by atoms with Crippen molar-refractivity contribution in [3.63, 3.8) is 0 Å². The van der Waals surface area contributed by atoms with E-state index < -0.39 is 10.0 Å². The van der Waals surface area contributed by atoms with Crippen LogP contribution in [0, 0.1) is 0 Å². The first-order valence-electron chi connectivity index (χ1n) is 12.4.